The summed E-state index contributed by atoms with van der Waals surface area (Å²) in [7, 11) is 0. The average molecular weight is 200 g/mol. The van der Waals surface area contributed by atoms with Gasteiger partial charge in [-0.3, -0.25) is 0 Å². The van der Waals surface area contributed by atoms with Gasteiger partial charge in [-0.05, 0) is 23.6 Å². The average Bonchev–Trinajstić information content (AvgIpc) is 2.71. The molecule has 0 radical (unpaired) electrons. The molecule has 0 aliphatic carbocycles. The number of anilines is 2. The van der Waals surface area contributed by atoms with Crippen LogP contribution in [-0.2, 0) is 0 Å². The summed E-state index contributed by atoms with van der Waals surface area (Å²) in [6.45, 7) is 0. The fraction of sp³-hybridized carbons (Fsp3) is 0. The zero-order chi connectivity index (χ0) is 9.80. The van der Waals surface area contributed by atoms with Crippen molar-refractivity contribution in [2.24, 2.45) is 0 Å². The molecule has 2 rings (SSSR count). The van der Waals surface area contributed by atoms with E-state index in [-0.39, 0.29) is 0 Å². The summed E-state index contributed by atoms with van der Waals surface area (Å²) in [6, 6.07) is 11.6. The summed E-state index contributed by atoms with van der Waals surface area (Å²) in [6.07, 6.45) is 0. The SMILES string of the molecule is N#Cc1ccccc1Nc1ccsc1. The number of nitrogens with zero attached hydrogens (tertiary/aromatic N) is 1. The number of nitriles is 1. The molecule has 0 amide bonds. The van der Waals surface area contributed by atoms with Crippen LogP contribution in [0.3, 0.4) is 0 Å². The molecule has 3 heteroatoms. The first kappa shape index (κ1) is 8.79. The normalized spacial score (nSPS) is 9.36. The zero-order valence-corrected chi connectivity index (χ0v) is 8.21. The minimum atomic E-state index is 0.665. The van der Waals surface area contributed by atoms with Crippen molar-refractivity contribution in [1.29, 1.82) is 5.26 Å². The lowest BCUT2D eigenvalue weighted by Crippen LogP contribution is -1.90. The highest BCUT2D eigenvalue weighted by Crippen LogP contribution is 2.21. The predicted octanol–water partition coefficient (Wildman–Crippen LogP) is 3.36. The summed E-state index contributed by atoms with van der Waals surface area (Å²) in [4.78, 5) is 0. The van der Waals surface area contributed by atoms with Gasteiger partial charge in [0.2, 0.25) is 0 Å². The fourth-order valence-electron chi connectivity index (χ4n) is 1.18. The van der Waals surface area contributed by atoms with Gasteiger partial charge in [0.1, 0.15) is 6.07 Å². The number of rotatable bonds is 2. The van der Waals surface area contributed by atoms with Crippen LogP contribution in [0, 0.1) is 11.3 Å². The van der Waals surface area contributed by atoms with Gasteiger partial charge in [0, 0.05) is 11.1 Å². The van der Waals surface area contributed by atoms with Crippen molar-refractivity contribution in [2.75, 3.05) is 5.32 Å². The predicted molar refractivity (Wildman–Crippen MR) is 58.8 cm³/mol. The molecule has 14 heavy (non-hydrogen) atoms. The lowest BCUT2D eigenvalue weighted by Gasteiger charge is -2.04. The molecular formula is C11H8N2S. The number of benzene rings is 1. The smallest absolute Gasteiger partial charge is 0.101 e. The first-order valence-corrected chi connectivity index (χ1v) is 5.13. The standard InChI is InChI=1S/C11H8N2S/c12-7-9-3-1-2-4-11(9)13-10-5-6-14-8-10/h1-6,8,13H. The van der Waals surface area contributed by atoms with Crippen molar-refractivity contribution in [1.82, 2.24) is 0 Å². The second kappa shape index (κ2) is 3.95. The molecule has 0 aliphatic heterocycles. The first-order chi connectivity index (χ1) is 6.90. The van der Waals surface area contributed by atoms with Crippen LogP contribution < -0.4 is 5.32 Å². The van der Waals surface area contributed by atoms with Crippen LogP contribution in [0.25, 0.3) is 0 Å². The van der Waals surface area contributed by atoms with E-state index in [9.17, 15) is 0 Å². The van der Waals surface area contributed by atoms with Crippen LogP contribution >= 0.6 is 11.3 Å². The molecule has 0 unspecified atom stereocenters. The zero-order valence-electron chi connectivity index (χ0n) is 7.40. The summed E-state index contributed by atoms with van der Waals surface area (Å²) >= 11 is 1.63. The van der Waals surface area contributed by atoms with Crippen molar-refractivity contribution in [3.63, 3.8) is 0 Å². The van der Waals surface area contributed by atoms with Gasteiger partial charge in [-0.25, -0.2) is 0 Å². The molecule has 1 aromatic heterocycles. The van der Waals surface area contributed by atoms with E-state index >= 15 is 0 Å². The van der Waals surface area contributed by atoms with Gasteiger partial charge in [-0.1, -0.05) is 12.1 Å². The van der Waals surface area contributed by atoms with Gasteiger partial charge in [0.25, 0.3) is 0 Å². The lowest BCUT2D eigenvalue weighted by atomic mass is 10.2. The van der Waals surface area contributed by atoms with Crippen LogP contribution in [0.1, 0.15) is 5.56 Å². The molecule has 0 saturated carbocycles. The highest BCUT2D eigenvalue weighted by atomic mass is 32.1. The Labute approximate surface area is 86.4 Å². The van der Waals surface area contributed by atoms with Crippen molar-refractivity contribution in [2.45, 2.75) is 0 Å². The fourth-order valence-corrected chi connectivity index (χ4v) is 1.77. The molecule has 0 spiro atoms. The third-order valence-electron chi connectivity index (χ3n) is 1.85. The third-order valence-corrected chi connectivity index (χ3v) is 2.53. The van der Waals surface area contributed by atoms with E-state index in [1.807, 2.05) is 35.0 Å². The van der Waals surface area contributed by atoms with Gasteiger partial charge in [-0.15, -0.1) is 0 Å². The van der Waals surface area contributed by atoms with E-state index in [0.717, 1.165) is 11.4 Å². The number of hydrogen-bond donors (Lipinski definition) is 1. The van der Waals surface area contributed by atoms with Crippen molar-refractivity contribution >= 4 is 22.7 Å². The molecule has 0 bridgehead atoms. The summed E-state index contributed by atoms with van der Waals surface area (Å²) < 4.78 is 0. The molecule has 0 atom stereocenters. The first-order valence-electron chi connectivity index (χ1n) is 4.18. The van der Waals surface area contributed by atoms with Crippen molar-refractivity contribution in [3.8, 4) is 6.07 Å². The van der Waals surface area contributed by atoms with E-state index in [4.69, 9.17) is 5.26 Å². The number of thiophene rings is 1. The lowest BCUT2D eigenvalue weighted by molar-refractivity contribution is 1.47. The Bertz CT molecular complexity index is 454. The van der Waals surface area contributed by atoms with Crippen LogP contribution in [0.2, 0.25) is 0 Å². The molecule has 1 heterocycles. The minimum Gasteiger partial charge on any atom is -0.354 e. The maximum absolute atomic E-state index is 8.86. The quantitative estimate of drug-likeness (QED) is 0.806. The molecule has 0 aliphatic rings. The second-order valence-corrected chi connectivity index (χ2v) is 3.57. The van der Waals surface area contributed by atoms with E-state index in [1.165, 1.54) is 0 Å². The number of hydrogen-bond acceptors (Lipinski definition) is 3. The van der Waals surface area contributed by atoms with E-state index in [0.29, 0.717) is 5.56 Å². The molecule has 0 saturated heterocycles. The highest BCUT2D eigenvalue weighted by Gasteiger charge is 2.00. The third kappa shape index (κ3) is 1.76. The Morgan fingerprint density at radius 3 is 2.79 bits per heavy atom. The number of para-hydroxylation sites is 1. The van der Waals surface area contributed by atoms with E-state index in [2.05, 4.69) is 11.4 Å². The molecule has 2 nitrogen and oxygen atoms in total. The monoisotopic (exact) mass is 200 g/mol. The summed E-state index contributed by atoms with van der Waals surface area (Å²) in [5, 5.41) is 16.1. The molecular weight excluding hydrogens is 192 g/mol. The molecule has 1 N–H and O–H groups in total. The highest BCUT2D eigenvalue weighted by molar-refractivity contribution is 7.08. The largest absolute Gasteiger partial charge is 0.354 e. The molecule has 1 aromatic carbocycles. The Kier molecular flexibility index (Phi) is 2.48. The Morgan fingerprint density at radius 1 is 1.21 bits per heavy atom. The van der Waals surface area contributed by atoms with Gasteiger partial charge in [-0.2, -0.15) is 16.6 Å². The van der Waals surface area contributed by atoms with Crippen LogP contribution in [0.5, 0.6) is 0 Å². The Hall–Kier alpha value is -1.79. The minimum absolute atomic E-state index is 0.665. The van der Waals surface area contributed by atoms with Gasteiger partial charge < -0.3 is 5.32 Å². The van der Waals surface area contributed by atoms with Crippen LogP contribution in [0.15, 0.2) is 41.1 Å². The topological polar surface area (TPSA) is 35.8 Å². The Balaban J connectivity index is 2.30. The van der Waals surface area contributed by atoms with E-state index < -0.39 is 0 Å². The van der Waals surface area contributed by atoms with Gasteiger partial charge in [0.15, 0.2) is 0 Å². The van der Waals surface area contributed by atoms with Gasteiger partial charge in [0.05, 0.1) is 11.3 Å². The summed E-state index contributed by atoms with van der Waals surface area (Å²) in [5.41, 5.74) is 2.55. The van der Waals surface area contributed by atoms with Crippen molar-refractivity contribution in [3.05, 3.63) is 46.7 Å². The molecule has 68 valence electrons. The Morgan fingerprint density at radius 2 is 2.07 bits per heavy atom. The summed E-state index contributed by atoms with van der Waals surface area (Å²) in [5.74, 6) is 0. The van der Waals surface area contributed by atoms with Crippen LogP contribution in [0.4, 0.5) is 11.4 Å². The van der Waals surface area contributed by atoms with Crippen LogP contribution in [-0.4, -0.2) is 0 Å². The second-order valence-electron chi connectivity index (χ2n) is 2.79. The number of nitrogens with one attached hydrogen (secondary N) is 1. The maximum Gasteiger partial charge on any atom is 0.101 e. The van der Waals surface area contributed by atoms with Gasteiger partial charge >= 0.3 is 0 Å². The maximum atomic E-state index is 8.86. The van der Waals surface area contributed by atoms with E-state index in [1.54, 1.807) is 17.4 Å². The van der Waals surface area contributed by atoms with Crippen molar-refractivity contribution < 1.29 is 0 Å². The molecule has 0 fully saturated rings. The molecule has 2 aromatic rings.